The standard InChI is InChI=1S/C11H8ClN3O3S/c12-11-15-14-10(19-11)9(16)13-4-6-2-1-3-7-8(6)18-5-17-7/h1-3H,4-5H2,(H,13,16). The quantitative estimate of drug-likeness (QED) is 0.936. The van der Waals surface area contributed by atoms with Crippen LogP contribution in [0, 0.1) is 0 Å². The molecule has 6 nitrogen and oxygen atoms in total. The molecule has 0 saturated heterocycles. The molecule has 1 aliphatic heterocycles. The monoisotopic (exact) mass is 297 g/mol. The second-order valence-corrected chi connectivity index (χ2v) is 5.25. The number of nitrogens with zero attached hydrogens (tertiary/aromatic N) is 2. The number of carbonyl (C=O) groups excluding carboxylic acids is 1. The van der Waals surface area contributed by atoms with Gasteiger partial charge in [-0.15, -0.1) is 10.2 Å². The number of rotatable bonds is 3. The molecule has 1 aliphatic rings. The molecule has 1 amide bonds. The first-order valence-electron chi connectivity index (χ1n) is 5.39. The summed E-state index contributed by atoms with van der Waals surface area (Å²) in [6.07, 6.45) is 0. The highest BCUT2D eigenvalue weighted by molar-refractivity contribution is 7.17. The molecule has 98 valence electrons. The van der Waals surface area contributed by atoms with Crippen LogP contribution in [0.25, 0.3) is 0 Å². The lowest BCUT2D eigenvalue weighted by Crippen LogP contribution is -2.22. The Morgan fingerprint density at radius 1 is 1.42 bits per heavy atom. The summed E-state index contributed by atoms with van der Waals surface area (Å²) in [5.41, 5.74) is 0.846. The van der Waals surface area contributed by atoms with Gasteiger partial charge >= 0.3 is 0 Å². The Bertz CT molecular complexity index is 631. The molecule has 3 rings (SSSR count). The first kappa shape index (κ1) is 12.2. The average molecular weight is 298 g/mol. The van der Waals surface area contributed by atoms with Gasteiger partial charge in [-0.3, -0.25) is 4.79 Å². The zero-order valence-electron chi connectivity index (χ0n) is 9.55. The molecular weight excluding hydrogens is 290 g/mol. The molecule has 0 unspecified atom stereocenters. The van der Waals surface area contributed by atoms with Crippen molar-refractivity contribution in [3.8, 4) is 11.5 Å². The summed E-state index contributed by atoms with van der Waals surface area (Å²) in [4.78, 5) is 11.8. The maximum absolute atomic E-state index is 11.8. The molecule has 0 bridgehead atoms. The van der Waals surface area contributed by atoms with E-state index in [1.165, 1.54) is 0 Å². The van der Waals surface area contributed by atoms with Gasteiger partial charge in [0.1, 0.15) is 0 Å². The molecule has 2 aromatic rings. The number of fused-ring (bicyclic) bond motifs is 1. The molecule has 0 radical (unpaired) electrons. The second kappa shape index (κ2) is 5.02. The number of nitrogens with one attached hydrogen (secondary N) is 1. The van der Waals surface area contributed by atoms with Crippen LogP contribution >= 0.6 is 22.9 Å². The van der Waals surface area contributed by atoms with Gasteiger partial charge in [0.25, 0.3) is 5.91 Å². The topological polar surface area (TPSA) is 73.3 Å². The maximum atomic E-state index is 11.8. The van der Waals surface area contributed by atoms with E-state index in [1.807, 2.05) is 18.2 Å². The first-order valence-corrected chi connectivity index (χ1v) is 6.58. The van der Waals surface area contributed by atoms with Crippen molar-refractivity contribution in [2.24, 2.45) is 0 Å². The van der Waals surface area contributed by atoms with Crippen LogP contribution in [0.1, 0.15) is 15.4 Å². The molecule has 0 saturated carbocycles. The molecule has 8 heteroatoms. The average Bonchev–Trinajstić information content (AvgIpc) is 3.04. The van der Waals surface area contributed by atoms with Gasteiger partial charge in [-0.05, 0) is 17.7 Å². The van der Waals surface area contributed by atoms with Crippen LogP contribution in [-0.4, -0.2) is 22.9 Å². The van der Waals surface area contributed by atoms with Crippen molar-refractivity contribution in [2.45, 2.75) is 6.54 Å². The van der Waals surface area contributed by atoms with Crippen LogP contribution in [0.4, 0.5) is 0 Å². The van der Waals surface area contributed by atoms with Crippen molar-refractivity contribution in [3.63, 3.8) is 0 Å². The number of hydrogen-bond acceptors (Lipinski definition) is 6. The van der Waals surface area contributed by atoms with E-state index in [-0.39, 0.29) is 22.2 Å². The van der Waals surface area contributed by atoms with Crippen molar-refractivity contribution in [1.82, 2.24) is 15.5 Å². The number of carbonyl (C=O) groups is 1. The van der Waals surface area contributed by atoms with E-state index in [0.29, 0.717) is 18.0 Å². The fourth-order valence-electron chi connectivity index (χ4n) is 1.68. The van der Waals surface area contributed by atoms with Crippen molar-refractivity contribution < 1.29 is 14.3 Å². The number of para-hydroxylation sites is 1. The minimum atomic E-state index is -0.319. The lowest BCUT2D eigenvalue weighted by atomic mass is 10.2. The van der Waals surface area contributed by atoms with Gasteiger partial charge in [0.2, 0.25) is 16.3 Å². The van der Waals surface area contributed by atoms with Crippen LogP contribution in [0.5, 0.6) is 11.5 Å². The van der Waals surface area contributed by atoms with Crippen molar-refractivity contribution >= 4 is 28.8 Å². The van der Waals surface area contributed by atoms with Crippen LogP contribution < -0.4 is 14.8 Å². The minimum absolute atomic E-state index is 0.201. The molecule has 2 heterocycles. The highest BCUT2D eigenvalue weighted by Gasteiger charge is 2.18. The molecule has 1 aromatic carbocycles. The van der Waals surface area contributed by atoms with Gasteiger partial charge in [0.15, 0.2) is 11.5 Å². The van der Waals surface area contributed by atoms with Gasteiger partial charge in [-0.2, -0.15) is 0 Å². The number of hydrogen-bond donors (Lipinski definition) is 1. The van der Waals surface area contributed by atoms with E-state index in [2.05, 4.69) is 15.5 Å². The third kappa shape index (κ3) is 2.47. The molecule has 0 fully saturated rings. The predicted octanol–water partition coefficient (Wildman–Crippen LogP) is 1.85. The third-order valence-electron chi connectivity index (χ3n) is 2.51. The lowest BCUT2D eigenvalue weighted by Gasteiger charge is -2.06. The summed E-state index contributed by atoms with van der Waals surface area (Å²) in [5.74, 6) is 1.03. The summed E-state index contributed by atoms with van der Waals surface area (Å²) >= 11 is 6.66. The fourth-order valence-corrected chi connectivity index (χ4v) is 2.42. The summed E-state index contributed by atoms with van der Waals surface area (Å²) in [7, 11) is 0. The number of halogens is 1. The zero-order chi connectivity index (χ0) is 13.2. The van der Waals surface area contributed by atoms with E-state index >= 15 is 0 Å². The molecular formula is C11H8ClN3O3S. The SMILES string of the molecule is O=C(NCc1cccc2c1OCO2)c1nnc(Cl)s1. The normalized spacial score (nSPS) is 12.5. The molecule has 0 spiro atoms. The van der Waals surface area contributed by atoms with Crippen molar-refractivity contribution in [3.05, 3.63) is 33.2 Å². The summed E-state index contributed by atoms with van der Waals surface area (Å²) in [6.45, 7) is 0.523. The number of amides is 1. The van der Waals surface area contributed by atoms with E-state index in [1.54, 1.807) is 0 Å². The Labute approximate surface area is 117 Å². The zero-order valence-corrected chi connectivity index (χ0v) is 11.1. The molecule has 1 N–H and O–H groups in total. The summed E-state index contributed by atoms with van der Waals surface area (Å²) < 4.78 is 10.9. The summed E-state index contributed by atoms with van der Waals surface area (Å²) in [5, 5.41) is 10.2. The number of ether oxygens (including phenoxy) is 2. The van der Waals surface area contributed by atoms with E-state index in [4.69, 9.17) is 21.1 Å². The Morgan fingerprint density at radius 3 is 3.11 bits per heavy atom. The first-order chi connectivity index (χ1) is 9.24. The number of benzene rings is 1. The molecule has 19 heavy (non-hydrogen) atoms. The predicted molar refractivity (Wildman–Crippen MR) is 68.7 cm³/mol. The molecule has 1 aromatic heterocycles. The van der Waals surface area contributed by atoms with Gasteiger partial charge in [0, 0.05) is 12.1 Å². The van der Waals surface area contributed by atoms with Crippen LogP contribution in [0.2, 0.25) is 4.47 Å². The second-order valence-electron chi connectivity index (χ2n) is 3.69. The number of aromatic nitrogens is 2. The van der Waals surface area contributed by atoms with E-state index in [9.17, 15) is 4.79 Å². The maximum Gasteiger partial charge on any atom is 0.282 e. The van der Waals surface area contributed by atoms with Gasteiger partial charge in [0.05, 0.1) is 0 Å². The molecule has 0 aliphatic carbocycles. The third-order valence-corrected chi connectivity index (χ3v) is 3.53. The fraction of sp³-hybridized carbons (Fsp3) is 0.182. The smallest absolute Gasteiger partial charge is 0.282 e. The highest BCUT2D eigenvalue weighted by Crippen LogP contribution is 2.35. The summed E-state index contributed by atoms with van der Waals surface area (Å²) in [6, 6.07) is 5.52. The lowest BCUT2D eigenvalue weighted by molar-refractivity contribution is 0.0949. The van der Waals surface area contributed by atoms with Crippen LogP contribution in [0.15, 0.2) is 18.2 Å². The molecule has 0 atom stereocenters. The van der Waals surface area contributed by atoms with Crippen molar-refractivity contribution in [1.29, 1.82) is 0 Å². The Hall–Kier alpha value is -1.86. The van der Waals surface area contributed by atoms with Gasteiger partial charge in [-0.1, -0.05) is 23.5 Å². The Morgan fingerprint density at radius 2 is 2.32 bits per heavy atom. The minimum Gasteiger partial charge on any atom is -0.454 e. The van der Waals surface area contributed by atoms with Crippen molar-refractivity contribution in [2.75, 3.05) is 6.79 Å². The van der Waals surface area contributed by atoms with E-state index < -0.39 is 0 Å². The largest absolute Gasteiger partial charge is 0.454 e. The van der Waals surface area contributed by atoms with Gasteiger partial charge < -0.3 is 14.8 Å². The highest BCUT2D eigenvalue weighted by atomic mass is 35.5. The Balaban J connectivity index is 1.70. The van der Waals surface area contributed by atoms with E-state index in [0.717, 1.165) is 16.9 Å². The van der Waals surface area contributed by atoms with Crippen LogP contribution in [0.3, 0.4) is 0 Å². The van der Waals surface area contributed by atoms with Crippen LogP contribution in [-0.2, 0) is 6.54 Å². The van der Waals surface area contributed by atoms with Gasteiger partial charge in [-0.25, -0.2) is 0 Å². The Kier molecular flexibility index (Phi) is 3.22.